The van der Waals surface area contributed by atoms with Crippen LogP contribution in [-0.4, -0.2) is 44.7 Å². The smallest absolute Gasteiger partial charge is 0.126 e. The third-order valence-electron chi connectivity index (χ3n) is 3.48. The molecule has 0 aromatic heterocycles. The van der Waals surface area contributed by atoms with E-state index in [1.165, 1.54) is 19.5 Å². The molecule has 1 heterocycles. The number of hydrogen-bond acceptors (Lipinski definition) is 3. The Kier molecular flexibility index (Phi) is 5.92. The topological polar surface area (TPSA) is 24.5 Å². The van der Waals surface area contributed by atoms with Gasteiger partial charge in [-0.05, 0) is 32.0 Å². The SMILES string of the molecule is COc1ccccc1/C=C/CCN1CCCNCC1. The standard InChI is InChI=1S/C16H24N2O/c1-19-16-9-3-2-7-15(16)8-4-5-12-18-13-6-10-17-11-14-18/h2-4,7-9,17H,5-6,10-14H2,1H3/b8-4+. The molecule has 104 valence electrons. The van der Waals surface area contributed by atoms with Gasteiger partial charge in [-0.2, -0.15) is 0 Å². The minimum absolute atomic E-state index is 0.942. The molecule has 1 aromatic rings. The first-order chi connectivity index (χ1) is 9.40. The molecule has 0 spiro atoms. The third kappa shape index (κ3) is 4.69. The lowest BCUT2D eigenvalue weighted by molar-refractivity contribution is 0.298. The van der Waals surface area contributed by atoms with Crippen LogP contribution >= 0.6 is 0 Å². The predicted octanol–water partition coefficient (Wildman–Crippen LogP) is 2.39. The molecule has 3 heteroatoms. The van der Waals surface area contributed by atoms with Crippen LogP contribution < -0.4 is 10.1 Å². The van der Waals surface area contributed by atoms with Crippen LogP contribution in [0, 0.1) is 0 Å². The molecule has 0 amide bonds. The second-order valence-corrected chi connectivity index (χ2v) is 4.88. The lowest BCUT2D eigenvalue weighted by atomic mass is 10.1. The highest BCUT2D eigenvalue weighted by Crippen LogP contribution is 2.18. The van der Waals surface area contributed by atoms with Crippen LogP contribution in [-0.2, 0) is 0 Å². The van der Waals surface area contributed by atoms with Gasteiger partial charge in [0, 0.05) is 25.2 Å². The molecular weight excluding hydrogens is 236 g/mol. The summed E-state index contributed by atoms with van der Waals surface area (Å²) in [6.45, 7) is 5.81. The van der Waals surface area contributed by atoms with Gasteiger partial charge in [-0.15, -0.1) is 0 Å². The van der Waals surface area contributed by atoms with Gasteiger partial charge < -0.3 is 15.0 Å². The molecule has 1 aliphatic heterocycles. The quantitative estimate of drug-likeness (QED) is 0.880. The number of nitrogens with one attached hydrogen (secondary N) is 1. The first kappa shape index (κ1) is 14.1. The molecule has 0 atom stereocenters. The molecular formula is C16H24N2O. The van der Waals surface area contributed by atoms with Gasteiger partial charge in [0.2, 0.25) is 0 Å². The fourth-order valence-electron chi connectivity index (χ4n) is 2.40. The fraction of sp³-hybridized carbons (Fsp3) is 0.500. The predicted molar refractivity (Wildman–Crippen MR) is 80.6 cm³/mol. The van der Waals surface area contributed by atoms with E-state index in [0.717, 1.165) is 37.4 Å². The van der Waals surface area contributed by atoms with Crippen LogP contribution in [0.4, 0.5) is 0 Å². The van der Waals surface area contributed by atoms with E-state index in [1.807, 2.05) is 18.2 Å². The van der Waals surface area contributed by atoms with Gasteiger partial charge in [0.05, 0.1) is 7.11 Å². The van der Waals surface area contributed by atoms with Gasteiger partial charge >= 0.3 is 0 Å². The Labute approximate surface area is 116 Å². The lowest BCUT2D eigenvalue weighted by Gasteiger charge is -2.17. The first-order valence-corrected chi connectivity index (χ1v) is 7.13. The third-order valence-corrected chi connectivity index (χ3v) is 3.48. The van der Waals surface area contributed by atoms with Crippen molar-refractivity contribution in [1.29, 1.82) is 0 Å². The molecule has 0 aliphatic carbocycles. The number of para-hydroxylation sites is 1. The number of nitrogens with zero attached hydrogens (tertiary/aromatic N) is 1. The summed E-state index contributed by atoms with van der Waals surface area (Å²) in [4.78, 5) is 2.53. The number of hydrogen-bond donors (Lipinski definition) is 1. The van der Waals surface area contributed by atoms with Crippen molar-refractivity contribution in [2.75, 3.05) is 39.8 Å². The number of benzene rings is 1. The lowest BCUT2D eigenvalue weighted by Crippen LogP contribution is -2.28. The van der Waals surface area contributed by atoms with Crippen molar-refractivity contribution in [3.05, 3.63) is 35.9 Å². The number of rotatable bonds is 5. The van der Waals surface area contributed by atoms with Crippen molar-refractivity contribution in [1.82, 2.24) is 10.2 Å². The summed E-state index contributed by atoms with van der Waals surface area (Å²) in [5, 5.41) is 3.43. The molecule has 1 fully saturated rings. The van der Waals surface area contributed by atoms with Crippen LogP contribution in [0.2, 0.25) is 0 Å². The van der Waals surface area contributed by atoms with E-state index in [4.69, 9.17) is 4.74 Å². The number of ether oxygens (including phenoxy) is 1. The molecule has 0 radical (unpaired) electrons. The van der Waals surface area contributed by atoms with E-state index in [0.29, 0.717) is 0 Å². The number of methoxy groups -OCH3 is 1. The van der Waals surface area contributed by atoms with E-state index in [9.17, 15) is 0 Å². The molecule has 0 saturated carbocycles. The van der Waals surface area contributed by atoms with Gasteiger partial charge in [-0.25, -0.2) is 0 Å². The molecule has 0 unspecified atom stereocenters. The zero-order chi connectivity index (χ0) is 13.3. The molecule has 1 N–H and O–H groups in total. The summed E-state index contributed by atoms with van der Waals surface area (Å²) >= 11 is 0. The molecule has 1 aromatic carbocycles. The zero-order valence-electron chi connectivity index (χ0n) is 11.8. The van der Waals surface area contributed by atoms with E-state index < -0.39 is 0 Å². The Hall–Kier alpha value is -1.32. The van der Waals surface area contributed by atoms with E-state index in [1.54, 1.807) is 7.11 Å². The van der Waals surface area contributed by atoms with E-state index in [2.05, 4.69) is 28.4 Å². The Morgan fingerprint density at radius 2 is 2.16 bits per heavy atom. The highest BCUT2D eigenvalue weighted by Gasteiger charge is 2.06. The fourth-order valence-corrected chi connectivity index (χ4v) is 2.40. The monoisotopic (exact) mass is 260 g/mol. The summed E-state index contributed by atoms with van der Waals surface area (Å²) in [5.41, 5.74) is 1.16. The van der Waals surface area contributed by atoms with Crippen molar-refractivity contribution in [3.63, 3.8) is 0 Å². The van der Waals surface area contributed by atoms with Crippen LogP contribution in [0.5, 0.6) is 5.75 Å². The largest absolute Gasteiger partial charge is 0.496 e. The summed E-state index contributed by atoms with van der Waals surface area (Å²) < 4.78 is 5.34. The second kappa shape index (κ2) is 7.97. The average Bonchev–Trinajstić information content (AvgIpc) is 2.72. The van der Waals surface area contributed by atoms with Gasteiger partial charge in [0.15, 0.2) is 0 Å². The van der Waals surface area contributed by atoms with Crippen molar-refractivity contribution < 1.29 is 4.74 Å². The summed E-state index contributed by atoms with van der Waals surface area (Å²) in [6, 6.07) is 8.13. The van der Waals surface area contributed by atoms with Crippen LogP contribution in [0.1, 0.15) is 18.4 Å². The van der Waals surface area contributed by atoms with Crippen LogP contribution in [0.25, 0.3) is 6.08 Å². The Morgan fingerprint density at radius 1 is 1.26 bits per heavy atom. The van der Waals surface area contributed by atoms with Crippen molar-refractivity contribution >= 4 is 6.08 Å². The summed E-state index contributed by atoms with van der Waals surface area (Å²) in [7, 11) is 1.72. The van der Waals surface area contributed by atoms with Gasteiger partial charge in [0.25, 0.3) is 0 Å². The maximum Gasteiger partial charge on any atom is 0.126 e. The Bertz CT molecular complexity index is 395. The molecule has 0 bridgehead atoms. The summed E-state index contributed by atoms with van der Waals surface area (Å²) in [5.74, 6) is 0.942. The average molecular weight is 260 g/mol. The minimum atomic E-state index is 0.942. The van der Waals surface area contributed by atoms with Gasteiger partial charge in [-0.3, -0.25) is 0 Å². The molecule has 1 saturated heterocycles. The van der Waals surface area contributed by atoms with Gasteiger partial charge in [0.1, 0.15) is 5.75 Å². The molecule has 1 aliphatic rings. The first-order valence-electron chi connectivity index (χ1n) is 7.13. The van der Waals surface area contributed by atoms with Crippen LogP contribution in [0.15, 0.2) is 30.3 Å². The zero-order valence-corrected chi connectivity index (χ0v) is 11.8. The normalized spacial score (nSPS) is 17.5. The Morgan fingerprint density at radius 3 is 3.05 bits per heavy atom. The van der Waals surface area contributed by atoms with Gasteiger partial charge in [-0.1, -0.05) is 30.4 Å². The van der Waals surface area contributed by atoms with Crippen LogP contribution in [0.3, 0.4) is 0 Å². The van der Waals surface area contributed by atoms with Crippen molar-refractivity contribution in [2.45, 2.75) is 12.8 Å². The maximum atomic E-state index is 5.34. The van der Waals surface area contributed by atoms with Crippen molar-refractivity contribution in [3.8, 4) is 5.75 Å². The summed E-state index contributed by atoms with van der Waals surface area (Å²) in [6.07, 6.45) is 6.76. The highest BCUT2D eigenvalue weighted by atomic mass is 16.5. The Balaban J connectivity index is 1.79. The maximum absolute atomic E-state index is 5.34. The second-order valence-electron chi connectivity index (χ2n) is 4.88. The van der Waals surface area contributed by atoms with Crippen molar-refractivity contribution in [2.24, 2.45) is 0 Å². The van der Waals surface area contributed by atoms with E-state index >= 15 is 0 Å². The highest BCUT2D eigenvalue weighted by molar-refractivity contribution is 5.56. The molecule has 3 nitrogen and oxygen atoms in total. The molecule has 19 heavy (non-hydrogen) atoms. The molecule has 2 rings (SSSR count). The minimum Gasteiger partial charge on any atom is -0.496 e. The van der Waals surface area contributed by atoms with E-state index in [-0.39, 0.29) is 0 Å².